The summed E-state index contributed by atoms with van der Waals surface area (Å²) in [7, 11) is -1.85. The summed E-state index contributed by atoms with van der Waals surface area (Å²) < 4.78 is 27.4. The number of sulfonamides is 1. The number of carbonyl (C=O) groups excluding carboxylic acids is 2. The Balaban J connectivity index is 1.92. The van der Waals surface area contributed by atoms with Gasteiger partial charge in [0, 0.05) is 25.3 Å². The second-order valence-electron chi connectivity index (χ2n) is 8.36. The number of hydrogen-bond donors (Lipinski definition) is 2. The van der Waals surface area contributed by atoms with E-state index in [0.29, 0.717) is 37.2 Å². The summed E-state index contributed by atoms with van der Waals surface area (Å²) in [6.07, 6.45) is 1.89. The minimum atomic E-state index is -3.55. The number of hydrogen-bond acceptors (Lipinski definition) is 5. The Morgan fingerprint density at radius 1 is 1.07 bits per heavy atom. The Kier molecular flexibility index (Phi) is 8.81. The zero-order chi connectivity index (χ0) is 22.3. The van der Waals surface area contributed by atoms with Gasteiger partial charge in [0.2, 0.25) is 21.8 Å². The van der Waals surface area contributed by atoms with Gasteiger partial charge in [0.05, 0.1) is 18.0 Å². The first kappa shape index (κ1) is 24.3. The van der Waals surface area contributed by atoms with E-state index >= 15 is 0 Å². The maximum Gasteiger partial charge on any atom is 0.243 e. The van der Waals surface area contributed by atoms with E-state index in [9.17, 15) is 18.0 Å². The van der Waals surface area contributed by atoms with E-state index < -0.39 is 10.0 Å². The standard InChI is InChI=1S/C21H34N4O4S/c1-5-10-22-20(26)14-24(4)15-21(27)23-18-6-8-19(9-7-18)30(28,29)25-12-16(2)11-17(3)13-25/h6-9,16-17H,5,10-15H2,1-4H3,(H,22,26)(H,23,27). The summed E-state index contributed by atoms with van der Waals surface area (Å²) in [6.45, 7) is 7.99. The molecule has 1 aliphatic heterocycles. The number of carbonyl (C=O) groups is 2. The van der Waals surface area contributed by atoms with Crippen LogP contribution in [0.2, 0.25) is 0 Å². The molecule has 0 aromatic heterocycles. The van der Waals surface area contributed by atoms with Gasteiger partial charge in [-0.25, -0.2) is 8.42 Å². The van der Waals surface area contributed by atoms with Crippen molar-refractivity contribution >= 4 is 27.5 Å². The van der Waals surface area contributed by atoms with Gasteiger partial charge in [0.1, 0.15) is 0 Å². The molecule has 1 aromatic rings. The number of nitrogens with zero attached hydrogens (tertiary/aromatic N) is 2. The molecular formula is C21H34N4O4S. The van der Waals surface area contributed by atoms with Crippen LogP contribution in [0.15, 0.2) is 29.2 Å². The monoisotopic (exact) mass is 438 g/mol. The molecule has 0 radical (unpaired) electrons. The van der Waals surface area contributed by atoms with Crippen molar-refractivity contribution in [2.75, 3.05) is 45.1 Å². The summed E-state index contributed by atoms with van der Waals surface area (Å²) in [5.74, 6) is 0.282. The van der Waals surface area contributed by atoms with Gasteiger partial charge in [-0.05, 0) is 56.0 Å². The summed E-state index contributed by atoms with van der Waals surface area (Å²) in [5.41, 5.74) is 0.517. The third kappa shape index (κ3) is 7.07. The maximum absolute atomic E-state index is 12.9. The first-order valence-corrected chi connectivity index (χ1v) is 11.9. The molecule has 1 aromatic carbocycles. The normalized spacial score (nSPS) is 20.2. The average molecular weight is 439 g/mol. The van der Waals surface area contributed by atoms with Gasteiger partial charge in [-0.2, -0.15) is 4.31 Å². The van der Waals surface area contributed by atoms with Crippen molar-refractivity contribution in [2.45, 2.75) is 38.5 Å². The lowest BCUT2D eigenvalue weighted by Gasteiger charge is -2.34. The zero-order valence-corrected chi connectivity index (χ0v) is 19.2. The van der Waals surface area contributed by atoms with Crippen molar-refractivity contribution in [1.82, 2.24) is 14.5 Å². The maximum atomic E-state index is 12.9. The minimum Gasteiger partial charge on any atom is -0.355 e. The van der Waals surface area contributed by atoms with Crippen LogP contribution in [0, 0.1) is 11.8 Å². The summed E-state index contributed by atoms with van der Waals surface area (Å²) >= 11 is 0. The first-order chi connectivity index (χ1) is 14.1. The van der Waals surface area contributed by atoms with Crippen molar-refractivity contribution in [3.8, 4) is 0 Å². The molecule has 1 aliphatic rings. The van der Waals surface area contributed by atoms with Crippen molar-refractivity contribution in [1.29, 1.82) is 0 Å². The molecule has 30 heavy (non-hydrogen) atoms. The van der Waals surface area contributed by atoms with Crippen LogP contribution in [0.3, 0.4) is 0 Å². The molecule has 1 saturated heterocycles. The lowest BCUT2D eigenvalue weighted by molar-refractivity contribution is -0.122. The van der Waals surface area contributed by atoms with Crippen LogP contribution in [0.1, 0.15) is 33.6 Å². The molecule has 8 nitrogen and oxygen atoms in total. The van der Waals surface area contributed by atoms with Crippen molar-refractivity contribution in [3.63, 3.8) is 0 Å². The van der Waals surface area contributed by atoms with Gasteiger partial charge in [0.25, 0.3) is 0 Å². The highest BCUT2D eigenvalue weighted by Crippen LogP contribution is 2.27. The SMILES string of the molecule is CCCNC(=O)CN(C)CC(=O)Nc1ccc(S(=O)(=O)N2CC(C)CC(C)C2)cc1. The Labute approximate surface area is 180 Å². The molecule has 0 spiro atoms. The second kappa shape index (κ2) is 10.9. The van der Waals surface area contributed by atoms with Gasteiger partial charge in [-0.1, -0.05) is 20.8 Å². The summed E-state index contributed by atoms with van der Waals surface area (Å²) in [4.78, 5) is 25.8. The Morgan fingerprint density at radius 3 is 2.20 bits per heavy atom. The molecular weight excluding hydrogens is 404 g/mol. The molecule has 2 unspecified atom stereocenters. The quantitative estimate of drug-likeness (QED) is 0.612. The van der Waals surface area contributed by atoms with Crippen LogP contribution < -0.4 is 10.6 Å². The highest BCUT2D eigenvalue weighted by molar-refractivity contribution is 7.89. The second-order valence-corrected chi connectivity index (χ2v) is 10.3. The van der Waals surface area contributed by atoms with Gasteiger partial charge >= 0.3 is 0 Å². The smallest absolute Gasteiger partial charge is 0.243 e. The number of likely N-dealkylation sites (N-methyl/N-ethyl adjacent to an activating group) is 1. The van der Waals surface area contributed by atoms with Crippen molar-refractivity contribution in [2.24, 2.45) is 11.8 Å². The largest absolute Gasteiger partial charge is 0.355 e. The number of benzene rings is 1. The minimum absolute atomic E-state index is 0.0587. The van der Waals surface area contributed by atoms with Crippen LogP contribution in [-0.4, -0.2) is 69.2 Å². The molecule has 1 fully saturated rings. The molecule has 0 aliphatic carbocycles. The zero-order valence-electron chi connectivity index (χ0n) is 18.3. The van der Waals surface area contributed by atoms with Crippen LogP contribution in [0.5, 0.6) is 0 Å². The lowest BCUT2D eigenvalue weighted by Crippen LogP contribution is -2.42. The Hall–Kier alpha value is -1.97. The highest BCUT2D eigenvalue weighted by Gasteiger charge is 2.31. The highest BCUT2D eigenvalue weighted by atomic mass is 32.2. The predicted molar refractivity (Wildman–Crippen MR) is 118 cm³/mol. The van der Waals surface area contributed by atoms with Crippen LogP contribution >= 0.6 is 0 Å². The molecule has 2 rings (SSSR count). The molecule has 2 amide bonds. The van der Waals surface area contributed by atoms with Gasteiger partial charge in [-0.15, -0.1) is 0 Å². The molecule has 0 bridgehead atoms. The third-order valence-electron chi connectivity index (χ3n) is 5.01. The first-order valence-electron chi connectivity index (χ1n) is 10.5. The third-order valence-corrected chi connectivity index (χ3v) is 6.86. The Morgan fingerprint density at radius 2 is 1.63 bits per heavy atom. The number of nitrogens with one attached hydrogen (secondary N) is 2. The van der Waals surface area contributed by atoms with E-state index in [4.69, 9.17) is 0 Å². The number of piperidine rings is 1. The predicted octanol–water partition coefficient (Wildman–Crippen LogP) is 1.75. The van der Waals surface area contributed by atoms with Crippen molar-refractivity contribution < 1.29 is 18.0 Å². The summed E-state index contributed by atoms with van der Waals surface area (Å²) in [6, 6.07) is 6.23. The summed E-state index contributed by atoms with van der Waals surface area (Å²) in [5, 5.41) is 5.51. The topological polar surface area (TPSA) is 98.8 Å². The van der Waals surface area contributed by atoms with Crippen molar-refractivity contribution in [3.05, 3.63) is 24.3 Å². The fourth-order valence-corrected chi connectivity index (χ4v) is 5.41. The molecule has 0 saturated carbocycles. The van der Waals surface area contributed by atoms with Crippen LogP contribution in [-0.2, 0) is 19.6 Å². The van der Waals surface area contributed by atoms with Gasteiger partial charge in [-0.3, -0.25) is 14.5 Å². The fourth-order valence-electron chi connectivity index (χ4n) is 3.73. The van der Waals surface area contributed by atoms with Gasteiger partial charge in [0.15, 0.2) is 0 Å². The van der Waals surface area contributed by atoms with E-state index in [2.05, 4.69) is 24.5 Å². The fraction of sp³-hybridized carbons (Fsp3) is 0.619. The van der Waals surface area contributed by atoms with E-state index in [1.807, 2.05) is 6.92 Å². The number of anilines is 1. The molecule has 9 heteroatoms. The van der Waals surface area contributed by atoms with Gasteiger partial charge < -0.3 is 10.6 Å². The van der Waals surface area contributed by atoms with E-state index in [1.54, 1.807) is 28.4 Å². The van der Waals surface area contributed by atoms with E-state index in [1.165, 1.54) is 12.1 Å². The molecule has 2 atom stereocenters. The molecule has 2 N–H and O–H groups in total. The van der Waals surface area contributed by atoms with E-state index in [0.717, 1.165) is 12.8 Å². The lowest BCUT2D eigenvalue weighted by atomic mass is 9.94. The number of amides is 2. The average Bonchev–Trinajstić information content (AvgIpc) is 2.65. The molecule has 1 heterocycles. The van der Waals surface area contributed by atoms with Crippen LogP contribution in [0.25, 0.3) is 0 Å². The number of rotatable bonds is 9. The van der Waals surface area contributed by atoms with E-state index in [-0.39, 0.29) is 29.8 Å². The van der Waals surface area contributed by atoms with Crippen LogP contribution in [0.4, 0.5) is 5.69 Å². The molecule has 168 valence electrons. The Bertz CT molecular complexity index is 816.